The van der Waals surface area contributed by atoms with Gasteiger partial charge in [0.1, 0.15) is 12.4 Å². The van der Waals surface area contributed by atoms with Crippen molar-refractivity contribution in [3.05, 3.63) is 25.0 Å². The summed E-state index contributed by atoms with van der Waals surface area (Å²) >= 11 is 0. The summed E-state index contributed by atoms with van der Waals surface area (Å²) in [7, 11) is 0. The zero-order valence-electron chi connectivity index (χ0n) is 4.68. The summed E-state index contributed by atoms with van der Waals surface area (Å²) in [5, 5.41) is 0. The smallest absolute Gasteiger partial charge is 0.148 e. The lowest BCUT2D eigenvalue weighted by Crippen LogP contribution is -1.85. The van der Waals surface area contributed by atoms with Crippen LogP contribution in [0.3, 0.4) is 0 Å². The van der Waals surface area contributed by atoms with Gasteiger partial charge in [-0.3, -0.25) is 0 Å². The van der Waals surface area contributed by atoms with Crippen molar-refractivity contribution in [2.45, 2.75) is 0 Å². The van der Waals surface area contributed by atoms with Crippen molar-refractivity contribution in [3.8, 4) is 12.3 Å². The van der Waals surface area contributed by atoms with Crippen molar-refractivity contribution >= 4 is 0 Å². The average molecular weight is 108 g/mol. The van der Waals surface area contributed by atoms with Crippen molar-refractivity contribution in [3.63, 3.8) is 0 Å². The molecule has 0 aromatic rings. The fraction of sp³-hybridized carbons (Fsp3) is 0.143. The highest BCUT2D eigenvalue weighted by Gasteiger charge is 1.79. The van der Waals surface area contributed by atoms with E-state index in [0.717, 1.165) is 0 Å². The van der Waals surface area contributed by atoms with Crippen LogP contribution in [0.5, 0.6) is 0 Å². The van der Waals surface area contributed by atoms with Gasteiger partial charge in [0.05, 0.1) is 0 Å². The van der Waals surface area contributed by atoms with E-state index >= 15 is 0 Å². The second kappa shape index (κ2) is 4.01. The van der Waals surface area contributed by atoms with E-state index in [1.54, 1.807) is 0 Å². The topological polar surface area (TPSA) is 9.23 Å². The van der Waals surface area contributed by atoms with Gasteiger partial charge in [0.25, 0.3) is 0 Å². The van der Waals surface area contributed by atoms with Gasteiger partial charge in [-0.25, -0.2) is 0 Å². The highest BCUT2D eigenvalue weighted by molar-refractivity contribution is 5.03. The van der Waals surface area contributed by atoms with Gasteiger partial charge in [-0.1, -0.05) is 19.1 Å². The third-order valence-corrected chi connectivity index (χ3v) is 0.569. The molecule has 0 aliphatic heterocycles. The minimum Gasteiger partial charge on any atom is -0.482 e. The van der Waals surface area contributed by atoms with Crippen molar-refractivity contribution in [2.75, 3.05) is 6.61 Å². The number of hydrogen-bond donors (Lipinski definition) is 0. The molecule has 0 aliphatic rings. The molecule has 1 nitrogen and oxygen atoms in total. The first kappa shape index (κ1) is 6.84. The van der Waals surface area contributed by atoms with E-state index in [0.29, 0.717) is 5.76 Å². The predicted octanol–water partition coefficient (Wildman–Crippen LogP) is 1.34. The molecule has 0 rings (SSSR count). The van der Waals surface area contributed by atoms with Crippen LogP contribution in [0, 0.1) is 12.3 Å². The van der Waals surface area contributed by atoms with Crippen molar-refractivity contribution in [2.24, 2.45) is 0 Å². The Balaban J connectivity index is 3.28. The lowest BCUT2D eigenvalue weighted by Gasteiger charge is -1.96. The highest BCUT2D eigenvalue weighted by atomic mass is 16.5. The van der Waals surface area contributed by atoms with Gasteiger partial charge in [-0.05, 0) is 6.08 Å². The number of hydrogen-bond acceptors (Lipinski definition) is 1. The molecule has 0 spiro atoms. The quantitative estimate of drug-likeness (QED) is 0.301. The molecule has 0 aromatic heterocycles. The summed E-state index contributed by atoms with van der Waals surface area (Å²) < 4.78 is 4.79. The van der Waals surface area contributed by atoms with Crippen molar-refractivity contribution in [1.82, 2.24) is 0 Å². The molecule has 0 atom stereocenters. The number of allylic oxidation sites excluding steroid dienone is 1. The van der Waals surface area contributed by atoms with E-state index in [4.69, 9.17) is 11.2 Å². The van der Waals surface area contributed by atoms with E-state index in [9.17, 15) is 0 Å². The van der Waals surface area contributed by atoms with Crippen LogP contribution in [-0.2, 0) is 4.74 Å². The minimum atomic E-state index is 0.269. The van der Waals surface area contributed by atoms with E-state index < -0.39 is 0 Å². The molecular weight excluding hydrogens is 100 g/mol. The van der Waals surface area contributed by atoms with Crippen LogP contribution in [0.4, 0.5) is 0 Å². The molecule has 42 valence electrons. The Hall–Kier alpha value is -1.16. The SMILES string of the molecule is C#CCOC(=C)C=C. The summed E-state index contributed by atoms with van der Waals surface area (Å²) in [5.41, 5.74) is 0. The Morgan fingerprint density at radius 1 is 1.88 bits per heavy atom. The van der Waals surface area contributed by atoms with E-state index in [1.807, 2.05) is 0 Å². The van der Waals surface area contributed by atoms with E-state index in [2.05, 4.69) is 19.1 Å². The van der Waals surface area contributed by atoms with Gasteiger partial charge in [-0.15, -0.1) is 6.42 Å². The van der Waals surface area contributed by atoms with E-state index in [-0.39, 0.29) is 6.61 Å². The Morgan fingerprint density at radius 2 is 2.50 bits per heavy atom. The van der Waals surface area contributed by atoms with Gasteiger partial charge in [0, 0.05) is 0 Å². The first-order chi connectivity index (χ1) is 3.81. The van der Waals surface area contributed by atoms with Crippen LogP contribution in [-0.4, -0.2) is 6.61 Å². The Kier molecular flexibility index (Phi) is 3.43. The lowest BCUT2D eigenvalue weighted by atomic mass is 10.5. The lowest BCUT2D eigenvalue weighted by molar-refractivity contribution is 0.270. The van der Waals surface area contributed by atoms with E-state index in [1.165, 1.54) is 6.08 Å². The number of rotatable bonds is 3. The highest BCUT2D eigenvalue weighted by Crippen LogP contribution is 1.90. The molecule has 0 aromatic carbocycles. The summed E-state index contributed by atoms with van der Waals surface area (Å²) in [6.45, 7) is 7.16. The normalized spacial score (nSPS) is 6.88. The molecule has 0 saturated heterocycles. The maximum absolute atomic E-state index is 4.88. The van der Waals surface area contributed by atoms with Gasteiger partial charge in [-0.2, -0.15) is 0 Å². The first-order valence-corrected chi connectivity index (χ1v) is 2.19. The average Bonchev–Trinajstić information content (AvgIpc) is 1.83. The first-order valence-electron chi connectivity index (χ1n) is 2.19. The predicted molar refractivity (Wildman–Crippen MR) is 34.1 cm³/mol. The molecule has 0 N–H and O–H groups in total. The maximum Gasteiger partial charge on any atom is 0.148 e. The largest absolute Gasteiger partial charge is 0.482 e. The molecule has 0 amide bonds. The van der Waals surface area contributed by atoms with Crippen molar-refractivity contribution < 1.29 is 4.74 Å². The molecule has 0 unspecified atom stereocenters. The minimum absolute atomic E-state index is 0.269. The molecule has 0 saturated carbocycles. The second-order valence-corrected chi connectivity index (χ2v) is 1.16. The second-order valence-electron chi connectivity index (χ2n) is 1.16. The monoisotopic (exact) mass is 108 g/mol. The molecule has 0 radical (unpaired) electrons. The Bertz CT molecular complexity index is 128. The fourth-order valence-corrected chi connectivity index (χ4v) is 0.193. The summed E-state index contributed by atoms with van der Waals surface area (Å²) in [5.74, 6) is 2.82. The van der Waals surface area contributed by atoms with Crippen molar-refractivity contribution in [1.29, 1.82) is 0 Å². The molecule has 1 heteroatoms. The number of terminal acetylenes is 1. The molecule has 8 heavy (non-hydrogen) atoms. The third kappa shape index (κ3) is 3.05. The summed E-state index contributed by atoms with van der Waals surface area (Å²) in [6, 6.07) is 0. The zero-order valence-corrected chi connectivity index (χ0v) is 4.68. The molecule has 0 aliphatic carbocycles. The summed E-state index contributed by atoms with van der Waals surface area (Å²) in [4.78, 5) is 0. The van der Waals surface area contributed by atoms with Gasteiger partial charge < -0.3 is 4.74 Å². The van der Waals surface area contributed by atoms with Gasteiger partial charge in [0.2, 0.25) is 0 Å². The molecule has 0 bridgehead atoms. The van der Waals surface area contributed by atoms with Crippen LogP contribution in [0.25, 0.3) is 0 Å². The molecular formula is C7H8O. The van der Waals surface area contributed by atoms with Crippen LogP contribution in [0.2, 0.25) is 0 Å². The third-order valence-electron chi connectivity index (χ3n) is 0.569. The zero-order chi connectivity index (χ0) is 6.41. The van der Waals surface area contributed by atoms with Gasteiger partial charge in [0.15, 0.2) is 0 Å². The van der Waals surface area contributed by atoms with Gasteiger partial charge >= 0.3 is 0 Å². The fourth-order valence-electron chi connectivity index (χ4n) is 0.193. The Labute approximate surface area is 49.7 Å². The van der Waals surface area contributed by atoms with Crippen LogP contribution in [0.15, 0.2) is 25.0 Å². The standard InChI is InChI=1S/C7H8O/c1-4-6-8-7(3)5-2/h1,5H,2-3,6H2. The Morgan fingerprint density at radius 3 is 2.88 bits per heavy atom. The number of ether oxygens (including phenoxy) is 1. The maximum atomic E-state index is 4.88. The molecule has 0 heterocycles. The van der Waals surface area contributed by atoms with Crippen LogP contribution in [0.1, 0.15) is 0 Å². The summed E-state index contributed by atoms with van der Waals surface area (Å²) in [6.07, 6.45) is 6.39. The molecule has 0 fully saturated rings. The van der Waals surface area contributed by atoms with Crippen LogP contribution >= 0.6 is 0 Å². The van der Waals surface area contributed by atoms with Crippen LogP contribution < -0.4 is 0 Å².